The molecule has 2 heterocycles. The second-order valence-electron chi connectivity index (χ2n) is 6.77. The molecule has 3 amide bonds. The molecule has 3 N–H and O–H groups in total. The summed E-state index contributed by atoms with van der Waals surface area (Å²) >= 11 is 2.68. The Morgan fingerprint density at radius 1 is 1.17 bits per heavy atom. The molecule has 29 heavy (non-hydrogen) atoms. The van der Waals surface area contributed by atoms with E-state index in [1.165, 1.54) is 4.88 Å². The predicted molar refractivity (Wildman–Crippen MR) is 114 cm³/mol. The molecule has 0 spiro atoms. The normalized spacial score (nSPS) is 13.1. The number of nitrogens with zero attached hydrogens (tertiary/aromatic N) is 1. The van der Waals surface area contributed by atoms with Gasteiger partial charge < -0.3 is 10.3 Å². The number of fused-ring (bicyclic) bond motifs is 3. The van der Waals surface area contributed by atoms with E-state index in [0.29, 0.717) is 17.1 Å². The van der Waals surface area contributed by atoms with Gasteiger partial charge in [0.1, 0.15) is 4.83 Å². The summed E-state index contributed by atoms with van der Waals surface area (Å²) in [6, 6.07) is 8.88. The first-order chi connectivity index (χ1) is 14.1. The number of rotatable bonds is 5. The van der Waals surface area contributed by atoms with Gasteiger partial charge in [-0.1, -0.05) is 42.1 Å². The SMILES string of the molecule is O=C(CSc1nc2sc3c(c2c(=O)[nH]1)CCCC3)NC(=O)NCc1ccccc1. The minimum atomic E-state index is -0.553. The molecule has 0 fully saturated rings. The first-order valence-corrected chi connectivity index (χ1v) is 11.2. The van der Waals surface area contributed by atoms with Crippen LogP contribution in [0.2, 0.25) is 0 Å². The van der Waals surface area contributed by atoms with Crippen LogP contribution in [0.4, 0.5) is 4.79 Å². The number of carbonyl (C=O) groups is 2. The summed E-state index contributed by atoms with van der Waals surface area (Å²) in [7, 11) is 0. The third-order valence-corrected chi connectivity index (χ3v) is 6.75. The Morgan fingerprint density at radius 2 is 1.97 bits per heavy atom. The average Bonchev–Trinajstić information content (AvgIpc) is 3.10. The summed E-state index contributed by atoms with van der Waals surface area (Å²) in [5, 5.41) is 6.01. The number of hydrogen-bond donors (Lipinski definition) is 3. The van der Waals surface area contributed by atoms with E-state index < -0.39 is 11.9 Å². The maximum absolute atomic E-state index is 12.5. The van der Waals surface area contributed by atoms with Crippen LogP contribution >= 0.6 is 23.1 Å². The Kier molecular flexibility index (Phi) is 5.96. The number of urea groups is 1. The van der Waals surface area contributed by atoms with E-state index in [0.717, 1.165) is 53.4 Å². The lowest BCUT2D eigenvalue weighted by Crippen LogP contribution is -2.40. The number of thioether (sulfide) groups is 1. The molecule has 0 atom stereocenters. The van der Waals surface area contributed by atoms with Crippen molar-refractivity contribution < 1.29 is 9.59 Å². The lowest BCUT2D eigenvalue weighted by atomic mass is 9.97. The van der Waals surface area contributed by atoms with Gasteiger partial charge in [0.2, 0.25) is 5.91 Å². The fourth-order valence-corrected chi connectivity index (χ4v) is 5.31. The molecule has 0 aliphatic heterocycles. The van der Waals surface area contributed by atoms with Crippen molar-refractivity contribution in [3.8, 4) is 0 Å². The van der Waals surface area contributed by atoms with Crippen LogP contribution in [-0.2, 0) is 24.2 Å². The Labute approximate surface area is 175 Å². The fourth-order valence-electron chi connectivity index (χ4n) is 3.33. The van der Waals surface area contributed by atoms with Gasteiger partial charge in [0, 0.05) is 11.4 Å². The van der Waals surface area contributed by atoms with Crippen molar-refractivity contribution in [3.63, 3.8) is 0 Å². The predicted octanol–water partition coefficient (Wildman–Crippen LogP) is 2.98. The molecule has 0 radical (unpaired) electrons. The van der Waals surface area contributed by atoms with Crippen LogP contribution in [0.25, 0.3) is 10.2 Å². The first kappa shape index (κ1) is 19.7. The standard InChI is InChI=1S/C20H20N4O3S2/c25-15(22-19(27)21-10-12-6-2-1-3-7-12)11-28-20-23-17(26)16-13-8-4-5-9-14(13)29-18(16)24-20/h1-3,6-7H,4-5,8-11H2,(H,23,24,26)(H2,21,22,25,27). The van der Waals surface area contributed by atoms with Crippen molar-refractivity contribution in [1.29, 1.82) is 0 Å². The molecule has 3 aromatic rings. The minimum absolute atomic E-state index is 0.0156. The second-order valence-corrected chi connectivity index (χ2v) is 8.81. The van der Waals surface area contributed by atoms with E-state index in [-0.39, 0.29) is 11.3 Å². The molecule has 2 aromatic heterocycles. The first-order valence-electron chi connectivity index (χ1n) is 9.39. The topological polar surface area (TPSA) is 104 Å². The van der Waals surface area contributed by atoms with Gasteiger partial charge in [-0.2, -0.15) is 0 Å². The van der Waals surface area contributed by atoms with Crippen LogP contribution in [0.1, 0.15) is 28.8 Å². The summed E-state index contributed by atoms with van der Waals surface area (Å²) in [5.41, 5.74) is 1.92. The molecule has 1 aromatic carbocycles. The van der Waals surface area contributed by atoms with Crippen LogP contribution in [0.3, 0.4) is 0 Å². The zero-order chi connectivity index (χ0) is 20.2. The van der Waals surface area contributed by atoms with Gasteiger partial charge >= 0.3 is 6.03 Å². The van der Waals surface area contributed by atoms with Crippen molar-refractivity contribution >= 4 is 45.3 Å². The zero-order valence-electron chi connectivity index (χ0n) is 15.6. The van der Waals surface area contributed by atoms with E-state index in [1.54, 1.807) is 11.3 Å². The van der Waals surface area contributed by atoms with Gasteiger partial charge in [0.25, 0.3) is 5.56 Å². The molecule has 9 heteroatoms. The highest BCUT2D eigenvalue weighted by Gasteiger charge is 2.20. The van der Waals surface area contributed by atoms with Gasteiger partial charge in [0.15, 0.2) is 5.16 Å². The minimum Gasteiger partial charge on any atom is -0.334 e. The molecular formula is C20H20N4O3S2. The highest BCUT2D eigenvalue weighted by molar-refractivity contribution is 7.99. The maximum Gasteiger partial charge on any atom is 0.321 e. The van der Waals surface area contributed by atoms with Crippen LogP contribution in [-0.4, -0.2) is 27.7 Å². The van der Waals surface area contributed by atoms with E-state index in [1.807, 2.05) is 30.3 Å². The van der Waals surface area contributed by atoms with Crippen molar-refractivity contribution in [3.05, 3.63) is 56.7 Å². The van der Waals surface area contributed by atoms with Crippen LogP contribution in [0.15, 0.2) is 40.3 Å². The second kappa shape index (κ2) is 8.79. The number of aromatic nitrogens is 2. The highest BCUT2D eigenvalue weighted by Crippen LogP contribution is 2.34. The maximum atomic E-state index is 12.5. The number of benzene rings is 1. The molecule has 1 aliphatic carbocycles. The van der Waals surface area contributed by atoms with Gasteiger partial charge in [0.05, 0.1) is 11.1 Å². The van der Waals surface area contributed by atoms with Crippen LogP contribution in [0.5, 0.6) is 0 Å². The van der Waals surface area contributed by atoms with Gasteiger partial charge in [-0.25, -0.2) is 9.78 Å². The number of nitrogens with one attached hydrogen (secondary N) is 3. The van der Waals surface area contributed by atoms with Gasteiger partial charge in [-0.05, 0) is 36.8 Å². The zero-order valence-corrected chi connectivity index (χ0v) is 17.3. The monoisotopic (exact) mass is 428 g/mol. The lowest BCUT2D eigenvalue weighted by molar-refractivity contribution is -0.117. The highest BCUT2D eigenvalue weighted by atomic mass is 32.2. The number of amides is 3. The largest absolute Gasteiger partial charge is 0.334 e. The molecule has 0 saturated heterocycles. The van der Waals surface area contributed by atoms with Crippen molar-refractivity contribution in [1.82, 2.24) is 20.6 Å². The summed E-state index contributed by atoms with van der Waals surface area (Å²) in [4.78, 5) is 45.7. The molecule has 0 unspecified atom stereocenters. The molecule has 0 bridgehead atoms. The molecule has 150 valence electrons. The number of aromatic amines is 1. The molecule has 1 aliphatic rings. The molecule has 0 saturated carbocycles. The average molecular weight is 429 g/mol. The number of hydrogen-bond acceptors (Lipinski definition) is 6. The van der Waals surface area contributed by atoms with Crippen LogP contribution < -0.4 is 16.2 Å². The number of carbonyl (C=O) groups excluding carboxylic acids is 2. The third-order valence-electron chi connectivity index (χ3n) is 4.69. The summed E-state index contributed by atoms with van der Waals surface area (Å²) in [5.74, 6) is -0.466. The number of thiophene rings is 1. The summed E-state index contributed by atoms with van der Waals surface area (Å²) < 4.78 is 0. The molecule has 4 rings (SSSR count). The molecule has 7 nitrogen and oxygen atoms in total. The quantitative estimate of drug-likeness (QED) is 0.428. The summed E-state index contributed by atoms with van der Waals surface area (Å²) in [6.45, 7) is 0.335. The summed E-state index contributed by atoms with van der Waals surface area (Å²) in [6.07, 6.45) is 4.17. The molecular weight excluding hydrogens is 408 g/mol. The van der Waals surface area contributed by atoms with Gasteiger partial charge in [-0.15, -0.1) is 11.3 Å². The smallest absolute Gasteiger partial charge is 0.321 e. The van der Waals surface area contributed by atoms with Gasteiger partial charge in [-0.3, -0.25) is 14.9 Å². The Balaban J connectivity index is 1.33. The number of H-pyrrole nitrogens is 1. The van der Waals surface area contributed by atoms with Crippen LogP contribution in [0, 0.1) is 0 Å². The number of aryl methyl sites for hydroxylation is 2. The fraction of sp³-hybridized carbons (Fsp3) is 0.300. The number of imide groups is 1. The van der Waals surface area contributed by atoms with Crippen molar-refractivity contribution in [2.45, 2.75) is 37.4 Å². The van der Waals surface area contributed by atoms with E-state index in [9.17, 15) is 14.4 Å². The van der Waals surface area contributed by atoms with E-state index in [4.69, 9.17) is 0 Å². The van der Waals surface area contributed by atoms with E-state index in [2.05, 4.69) is 20.6 Å². The lowest BCUT2D eigenvalue weighted by Gasteiger charge is -2.09. The Morgan fingerprint density at radius 3 is 2.79 bits per heavy atom. The Bertz CT molecular complexity index is 1110. The van der Waals surface area contributed by atoms with Crippen molar-refractivity contribution in [2.24, 2.45) is 0 Å². The third kappa shape index (κ3) is 4.68. The van der Waals surface area contributed by atoms with Crippen molar-refractivity contribution in [2.75, 3.05) is 5.75 Å². The van der Waals surface area contributed by atoms with E-state index >= 15 is 0 Å². The Hall–Kier alpha value is -2.65.